The van der Waals surface area contributed by atoms with Crippen molar-refractivity contribution in [3.8, 4) is 0 Å². The highest BCUT2D eigenvalue weighted by Gasteiger charge is 2.20. The molecule has 0 amide bonds. The van der Waals surface area contributed by atoms with E-state index in [1.165, 1.54) is 5.56 Å². The Balaban J connectivity index is 2.13. The van der Waals surface area contributed by atoms with Crippen LogP contribution in [0.2, 0.25) is 0 Å². The summed E-state index contributed by atoms with van der Waals surface area (Å²) in [4.78, 5) is 0. The standard InChI is InChI=1S/C16H20BrNO/c1-11(2)16(13-7-5-4-6-8-13)18-12(3)14-9-10-15(17)19-14/h4-12,16,18H,1-3H3. The van der Waals surface area contributed by atoms with Gasteiger partial charge >= 0.3 is 0 Å². The minimum absolute atomic E-state index is 0.180. The van der Waals surface area contributed by atoms with Crippen LogP contribution >= 0.6 is 15.9 Å². The summed E-state index contributed by atoms with van der Waals surface area (Å²) in [5.41, 5.74) is 1.31. The molecule has 3 heteroatoms. The molecule has 19 heavy (non-hydrogen) atoms. The van der Waals surface area contributed by atoms with Crippen LogP contribution in [0.25, 0.3) is 0 Å². The second-order valence-corrected chi connectivity index (χ2v) is 5.94. The summed E-state index contributed by atoms with van der Waals surface area (Å²) < 4.78 is 6.39. The maximum absolute atomic E-state index is 5.62. The molecular formula is C16H20BrNO. The minimum atomic E-state index is 0.180. The van der Waals surface area contributed by atoms with Crippen LogP contribution in [0.15, 0.2) is 51.6 Å². The van der Waals surface area contributed by atoms with Gasteiger partial charge in [0, 0.05) is 6.04 Å². The van der Waals surface area contributed by atoms with E-state index in [9.17, 15) is 0 Å². The predicted molar refractivity (Wildman–Crippen MR) is 82.0 cm³/mol. The van der Waals surface area contributed by atoms with Crippen LogP contribution in [-0.2, 0) is 0 Å². The van der Waals surface area contributed by atoms with E-state index in [2.05, 4.69) is 66.3 Å². The van der Waals surface area contributed by atoms with Crippen molar-refractivity contribution < 1.29 is 4.42 Å². The van der Waals surface area contributed by atoms with Crippen molar-refractivity contribution >= 4 is 15.9 Å². The van der Waals surface area contributed by atoms with Crippen molar-refractivity contribution in [2.75, 3.05) is 0 Å². The van der Waals surface area contributed by atoms with Gasteiger partial charge in [0.15, 0.2) is 4.67 Å². The molecule has 102 valence electrons. The highest BCUT2D eigenvalue weighted by molar-refractivity contribution is 9.10. The molecule has 0 aliphatic rings. The number of nitrogens with one attached hydrogen (secondary N) is 1. The average Bonchev–Trinajstić information content (AvgIpc) is 2.83. The normalized spacial score (nSPS) is 14.6. The van der Waals surface area contributed by atoms with E-state index >= 15 is 0 Å². The van der Waals surface area contributed by atoms with Gasteiger partial charge in [-0.15, -0.1) is 0 Å². The summed E-state index contributed by atoms with van der Waals surface area (Å²) in [7, 11) is 0. The highest BCUT2D eigenvalue weighted by Crippen LogP contribution is 2.27. The maximum Gasteiger partial charge on any atom is 0.169 e. The number of hydrogen-bond acceptors (Lipinski definition) is 2. The van der Waals surface area contributed by atoms with E-state index in [-0.39, 0.29) is 6.04 Å². The monoisotopic (exact) mass is 321 g/mol. The Hall–Kier alpha value is -1.06. The molecule has 0 radical (unpaired) electrons. The Kier molecular flexibility index (Phi) is 4.83. The quantitative estimate of drug-likeness (QED) is 0.829. The summed E-state index contributed by atoms with van der Waals surface area (Å²) in [6, 6.07) is 15.0. The summed E-state index contributed by atoms with van der Waals surface area (Å²) in [6.45, 7) is 6.59. The van der Waals surface area contributed by atoms with Gasteiger partial charge in [-0.1, -0.05) is 44.2 Å². The average molecular weight is 322 g/mol. The van der Waals surface area contributed by atoms with E-state index in [1.807, 2.05) is 18.2 Å². The number of halogens is 1. The van der Waals surface area contributed by atoms with E-state index < -0.39 is 0 Å². The van der Waals surface area contributed by atoms with Crippen LogP contribution in [0.1, 0.15) is 44.2 Å². The fourth-order valence-electron chi connectivity index (χ4n) is 2.25. The fourth-order valence-corrected chi connectivity index (χ4v) is 2.57. The van der Waals surface area contributed by atoms with Gasteiger partial charge in [-0.05, 0) is 46.5 Å². The Labute approximate surface area is 123 Å². The van der Waals surface area contributed by atoms with Crippen LogP contribution in [-0.4, -0.2) is 0 Å². The molecule has 0 fully saturated rings. The number of furan rings is 1. The fraction of sp³-hybridized carbons (Fsp3) is 0.375. The first-order valence-corrected chi connectivity index (χ1v) is 7.43. The van der Waals surface area contributed by atoms with Gasteiger partial charge in [-0.3, -0.25) is 0 Å². The molecule has 1 aromatic carbocycles. The van der Waals surface area contributed by atoms with Gasteiger partial charge < -0.3 is 9.73 Å². The molecule has 0 aliphatic carbocycles. The molecule has 2 atom stereocenters. The highest BCUT2D eigenvalue weighted by atomic mass is 79.9. The van der Waals surface area contributed by atoms with E-state index in [4.69, 9.17) is 4.42 Å². The van der Waals surface area contributed by atoms with Crippen LogP contribution in [0.5, 0.6) is 0 Å². The topological polar surface area (TPSA) is 25.2 Å². The lowest BCUT2D eigenvalue weighted by Gasteiger charge is -2.26. The summed E-state index contributed by atoms with van der Waals surface area (Å²) in [5.74, 6) is 1.47. The third-order valence-corrected chi connectivity index (χ3v) is 3.70. The molecule has 0 saturated carbocycles. The molecule has 2 nitrogen and oxygen atoms in total. The zero-order valence-electron chi connectivity index (χ0n) is 11.6. The van der Waals surface area contributed by atoms with Crippen molar-refractivity contribution in [1.82, 2.24) is 5.32 Å². The van der Waals surface area contributed by atoms with Gasteiger partial charge in [-0.25, -0.2) is 0 Å². The molecule has 0 spiro atoms. The molecule has 1 N–H and O–H groups in total. The maximum atomic E-state index is 5.62. The molecule has 1 aromatic heterocycles. The second-order valence-electron chi connectivity index (χ2n) is 5.16. The van der Waals surface area contributed by atoms with Gasteiger partial charge in [0.25, 0.3) is 0 Å². The van der Waals surface area contributed by atoms with Crippen LogP contribution in [0.4, 0.5) is 0 Å². The lowest BCUT2D eigenvalue weighted by Crippen LogP contribution is -2.28. The second kappa shape index (κ2) is 6.40. The van der Waals surface area contributed by atoms with Gasteiger partial charge in [0.2, 0.25) is 0 Å². The summed E-state index contributed by atoms with van der Waals surface area (Å²) in [6.07, 6.45) is 0. The van der Waals surface area contributed by atoms with Gasteiger partial charge in [0.1, 0.15) is 5.76 Å². The molecule has 0 bridgehead atoms. The Bertz CT molecular complexity index is 506. The molecule has 2 rings (SSSR count). The first-order valence-electron chi connectivity index (χ1n) is 6.64. The first kappa shape index (κ1) is 14.4. The van der Waals surface area contributed by atoms with E-state index in [0.717, 1.165) is 10.4 Å². The largest absolute Gasteiger partial charge is 0.453 e. The third-order valence-electron chi connectivity index (χ3n) is 3.28. The van der Waals surface area contributed by atoms with Crippen molar-refractivity contribution in [2.24, 2.45) is 5.92 Å². The van der Waals surface area contributed by atoms with Gasteiger partial charge in [-0.2, -0.15) is 0 Å². The third kappa shape index (κ3) is 3.71. The number of benzene rings is 1. The summed E-state index contributed by atoms with van der Waals surface area (Å²) >= 11 is 3.35. The zero-order valence-corrected chi connectivity index (χ0v) is 13.1. The first-order chi connectivity index (χ1) is 9.08. The molecule has 0 saturated heterocycles. The molecule has 2 aromatic rings. The minimum Gasteiger partial charge on any atom is -0.453 e. The summed E-state index contributed by atoms with van der Waals surface area (Å²) in [5, 5.41) is 3.65. The van der Waals surface area contributed by atoms with Crippen molar-refractivity contribution in [3.63, 3.8) is 0 Å². The Morgan fingerprint density at radius 3 is 2.21 bits per heavy atom. The SMILES string of the molecule is CC(NC(c1ccccc1)C(C)C)c1ccc(Br)o1. The van der Waals surface area contributed by atoms with Gasteiger partial charge in [0.05, 0.1) is 6.04 Å². The number of hydrogen-bond donors (Lipinski definition) is 1. The lowest BCUT2D eigenvalue weighted by atomic mass is 9.95. The van der Waals surface area contributed by atoms with Crippen LogP contribution in [0, 0.1) is 5.92 Å². The molecule has 0 aliphatic heterocycles. The predicted octanol–water partition coefficient (Wildman–Crippen LogP) is 5.09. The van der Waals surface area contributed by atoms with E-state index in [0.29, 0.717) is 12.0 Å². The Morgan fingerprint density at radius 2 is 1.68 bits per heavy atom. The Morgan fingerprint density at radius 1 is 1.00 bits per heavy atom. The number of rotatable bonds is 5. The van der Waals surface area contributed by atoms with E-state index in [1.54, 1.807) is 0 Å². The van der Waals surface area contributed by atoms with Crippen molar-refractivity contribution in [1.29, 1.82) is 0 Å². The van der Waals surface area contributed by atoms with Crippen LogP contribution in [0.3, 0.4) is 0 Å². The molecule has 2 unspecified atom stereocenters. The molecular weight excluding hydrogens is 302 g/mol. The smallest absolute Gasteiger partial charge is 0.169 e. The van der Waals surface area contributed by atoms with Crippen LogP contribution < -0.4 is 5.32 Å². The van der Waals surface area contributed by atoms with Crippen molar-refractivity contribution in [2.45, 2.75) is 32.9 Å². The lowest BCUT2D eigenvalue weighted by molar-refractivity contribution is 0.337. The molecule has 1 heterocycles. The zero-order chi connectivity index (χ0) is 13.8. The van der Waals surface area contributed by atoms with Crippen molar-refractivity contribution in [3.05, 3.63) is 58.5 Å².